The highest BCUT2D eigenvalue weighted by Gasteiger charge is 2.34. The number of aryl methyl sites for hydroxylation is 1. The van der Waals surface area contributed by atoms with Crippen LogP contribution in [0.5, 0.6) is 0 Å². The van der Waals surface area contributed by atoms with Gasteiger partial charge in [0.25, 0.3) is 5.91 Å². The predicted molar refractivity (Wildman–Crippen MR) is 138 cm³/mol. The fourth-order valence-electron chi connectivity index (χ4n) is 5.75. The Morgan fingerprint density at radius 2 is 1.94 bits per heavy atom. The molecule has 7 nitrogen and oxygen atoms in total. The predicted octanol–water partition coefficient (Wildman–Crippen LogP) is 3.75. The molecule has 0 unspecified atom stereocenters. The fourth-order valence-corrected chi connectivity index (χ4v) is 5.75. The van der Waals surface area contributed by atoms with Gasteiger partial charge in [-0.2, -0.15) is 5.10 Å². The summed E-state index contributed by atoms with van der Waals surface area (Å²) in [6.45, 7) is 5.15. The average molecular weight is 467 g/mol. The Hall–Kier alpha value is -3.68. The molecule has 2 aromatic heterocycles. The molecule has 1 amide bonds. The van der Waals surface area contributed by atoms with Crippen molar-refractivity contribution in [2.24, 2.45) is 17.7 Å². The number of benzene rings is 2. The lowest BCUT2D eigenvalue weighted by atomic mass is 9.98. The highest BCUT2D eigenvalue weighted by atomic mass is 16.2. The first-order chi connectivity index (χ1) is 17.0. The van der Waals surface area contributed by atoms with Crippen molar-refractivity contribution >= 4 is 22.4 Å². The summed E-state index contributed by atoms with van der Waals surface area (Å²) < 4.78 is 4.04. The number of hydrazine groups is 1. The third-order valence-electron chi connectivity index (χ3n) is 7.50. The van der Waals surface area contributed by atoms with Gasteiger partial charge in [0.15, 0.2) is 5.69 Å². The van der Waals surface area contributed by atoms with Crippen LogP contribution in [0.1, 0.15) is 33.7 Å². The number of rotatable bonds is 5. The number of allylic oxidation sites excluding steroid dienone is 1. The normalized spacial score (nSPS) is 19.8. The molecular formula is C28H30N6O. The Balaban J connectivity index is 1.20. The standard InChI is InChI=1S/C28H30N6O/c1-18-11-26(28(35)30-29)31-34(18)25-7-8-27-21(14-25)9-10-33(27)15-19-3-5-20(6-4-19)22-12-23-16-32(2)17-24(23)13-22/h3-12,14,23-24H,13,15-17,29H2,1-2H3,(H,30,35)/t23-,24+/m0/s1. The number of nitrogen functional groups attached to an aromatic ring is 1. The van der Waals surface area contributed by atoms with Gasteiger partial charge >= 0.3 is 0 Å². The Bertz CT molecular complexity index is 1440. The van der Waals surface area contributed by atoms with Gasteiger partial charge in [-0.15, -0.1) is 0 Å². The van der Waals surface area contributed by atoms with E-state index in [1.807, 2.05) is 13.0 Å². The van der Waals surface area contributed by atoms with Crippen LogP contribution in [0.25, 0.3) is 22.2 Å². The average Bonchev–Trinajstić information content (AvgIpc) is 3.62. The fraction of sp³-hybridized carbons (Fsp3) is 0.286. The van der Waals surface area contributed by atoms with Crippen molar-refractivity contribution in [3.8, 4) is 5.69 Å². The third-order valence-corrected chi connectivity index (χ3v) is 7.50. The van der Waals surface area contributed by atoms with Gasteiger partial charge in [0.05, 0.1) is 5.69 Å². The molecule has 2 aliphatic rings. The highest BCUT2D eigenvalue weighted by molar-refractivity contribution is 5.92. The van der Waals surface area contributed by atoms with Crippen molar-refractivity contribution in [2.45, 2.75) is 19.9 Å². The van der Waals surface area contributed by atoms with E-state index >= 15 is 0 Å². The van der Waals surface area contributed by atoms with Crippen molar-refractivity contribution in [2.75, 3.05) is 20.1 Å². The quantitative estimate of drug-likeness (QED) is 0.267. The number of nitrogens with one attached hydrogen (secondary N) is 1. The van der Waals surface area contributed by atoms with Gasteiger partial charge in [-0.05, 0) is 79.3 Å². The molecule has 0 bridgehead atoms. The SMILES string of the molecule is Cc1cc(C(=O)NN)nn1-c1ccc2c(ccn2Cc2ccc(C3=C[C@H]4CN(C)C[C@H]4C3)cc2)c1. The van der Waals surface area contributed by atoms with Crippen molar-refractivity contribution in [1.82, 2.24) is 24.7 Å². The van der Waals surface area contributed by atoms with Crippen molar-refractivity contribution < 1.29 is 4.79 Å². The molecule has 3 N–H and O–H groups in total. The maximum Gasteiger partial charge on any atom is 0.285 e. The van der Waals surface area contributed by atoms with Gasteiger partial charge in [-0.25, -0.2) is 10.5 Å². The molecule has 1 aliphatic carbocycles. The number of carbonyl (C=O) groups excluding carboxylic acids is 1. The van der Waals surface area contributed by atoms with E-state index in [1.165, 1.54) is 36.2 Å². The number of aromatic nitrogens is 3. The number of nitrogens with zero attached hydrogens (tertiary/aromatic N) is 4. The largest absolute Gasteiger partial charge is 0.343 e. The Morgan fingerprint density at radius 1 is 1.11 bits per heavy atom. The lowest BCUT2D eigenvalue weighted by molar-refractivity contribution is 0.0948. The number of nitrogens with two attached hydrogens (primary N) is 1. The van der Waals surface area contributed by atoms with E-state index in [0.717, 1.165) is 40.7 Å². The minimum Gasteiger partial charge on any atom is -0.343 e. The molecular weight excluding hydrogens is 436 g/mol. The van der Waals surface area contributed by atoms with Crippen LogP contribution in [0.2, 0.25) is 0 Å². The monoisotopic (exact) mass is 466 g/mol. The number of carbonyl (C=O) groups is 1. The van der Waals surface area contributed by atoms with Gasteiger partial charge < -0.3 is 9.47 Å². The zero-order chi connectivity index (χ0) is 24.1. The van der Waals surface area contributed by atoms with E-state index < -0.39 is 5.91 Å². The van der Waals surface area contributed by atoms with Gasteiger partial charge in [-0.1, -0.05) is 30.3 Å². The molecule has 2 atom stereocenters. The van der Waals surface area contributed by atoms with E-state index in [2.05, 4.69) is 81.8 Å². The van der Waals surface area contributed by atoms with Gasteiger partial charge in [0, 0.05) is 42.4 Å². The number of fused-ring (bicyclic) bond motifs is 2. The van der Waals surface area contributed by atoms with Gasteiger partial charge in [0.2, 0.25) is 0 Å². The Kier molecular flexibility index (Phi) is 5.31. The van der Waals surface area contributed by atoms with Crippen LogP contribution in [0.15, 0.2) is 66.9 Å². The zero-order valence-electron chi connectivity index (χ0n) is 20.1. The molecule has 1 aliphatic heterocycles. The first-order valence-corrected chi connectivity index (χ1v) is 12.1. The molecule has 6 rings (SSSR count). The molecule has 2 aromatic carbocycles. The number of hydrogen-bond donors (Lipinski definition) is 2. The second-order valence-electron chi connectivity index (χ2n) is 9.98. The molecule has 1 fully saturated rings. The van der Waals surface area contributed by atoms with Crippen molar-refractivity contribution in [3.05, 3.63) is 89.4 Å². The Morgan fingerprint density at radius 3 is 2.71 bits per heavy atom. The summed E-state index contributed by atoms with van der Waals surface area (Å²) in [6, 6.07) is 19.2. The van der Waals surface area contributed by atoms with Crippen LogP contribution < -0.4 is 11.3 Å². The van der Waals surface area contributed by atoms with Crippen LogP contribution in [-0.4, -0.2) is 45.3 Å². The van der Waals surface area contributed by atoms with E-state index in [9.17, 15) is 4.79 Å². The minimum absolute atomic E-state index is 0.301. The lowest BCUT2D eigenvalue weighted by Crippen LogP contribution is -2.30. The Labute approximate surface area is 204 Å². The lowest BCUT2D eigenvalue weighted by Gasteiger charge is -2.11. The first kappa shape index (κ1) is 21.8. The van der Waals surface area contributed by atoms with Crippen molar-refractivity contribution in [1.29, 1.82) is 0 Å². The van der Waals surface area contributed by atoms with Crippen LogP contribution in [0.3, 0.4) is 0 Å². The molecule has 178 valence electrons. The minimum atomic E-state index is -0.398. The zero-order valence-corrected chi connectivity index (χ0v) is 20.1. The van der Waals surface area contributed by atoms with E-state index in [4.69, 9.17) is 5.84 Å². The summed E-state index contributed by atoms with van der Waals surface area (Å²) in [5.41, 5.74) is 9.55. The molecule has 0 radical (unpaired) electrons. The third kappa shape index (κ3) is 3.96. The summed E-state index contributed by atoms with van der Waals surface area (Å²) in [4.78, 5) is 14.3. The van der Waals surface area contributed by atoms with Crippen LogP contribution in [0, 0.1) is 18.8 Å². The molecule has 1 saturated heterocycles. The van der Waals surface area contributed by atoms with Crippen LogP contribution in [0.4, 0.5) is 0 Å². The molecule has 4 aromatic rings. The second-order valence-corrected chi connectivity index (χ2v) is 9.98. The maximum absolute atomic E-state index is 11.8. The molecule has 35 heavy (non-hydrogen) atoms. The molecule has 0 saturated carbocycles. The molecule has 3 heterocycles. The number of hydrogen-bond acceptors (Lipinski definition) is 4. The summed E-state index contributed by atoms with van der Waals surface area (Å²) in [5.74, 6) is 6.37. The number of amides is 1. The van der Waals surface area contributed by atoms with Crippen LogP contribution in [-0.2, 0) is 6.54 Å². The van der Waals surface area contributed by atoms with E-state index in [1.54, 1.807) is 10.7 Å². The first-order valence-electron chi connectivity index (χ1n) is 12.1. The highest BCUT2D eigenvalue weighted by Crippen LogP contribution is 2.40. The molecule has 7 heteroatoms. The summed E-state index contributed by atoms with van der Waals surface area (Å²) >= 11 is 0. The second kappa shape index (κ2) is 8.52. The van der Waals surface area contributed by atoms with E-state index in [0.29, 0.717) is 5.69 Å². The maximum atomic E-state index is 11.8. The summed E-state index contributed by atoms with van der Waals surface area (Å²) in [7, 11) is 2.23. The van der Waals surface area contributed by atoms with Gasteiger partial charge in [-0.3, -0.25) is 10.2 Å². The van der Waals surface area contributed by atoms with Crippen LogP contribution >= 0.6 is 0 Å². The smallest absolute Gasteiger partial charge is 0.285 e. The topological polar surface area (TPSA) is 81.1 Å². The molecule has 0 spiro atoms. The van der Waals surface area contributed by atoms with Crippen molar-refractivity contribution in [3.63, 3.8) is 0 Å². The number of likely N-dealkylation sites (tertiary alicyclic amines) is 1. The summed E-state index contributed by atoms with van der Waals surface area (Å²) in [6.07, 6.45) is 5.84. The summed E-state index contributed by atoms with van der Waals surface area (Å²) in [5, 5.41) is 5.54. The van der Waals surface area contributed by atoms with Gasteiger partial charge in [0.1, 0.15) is 0 Å². The van der Waals surface area contributed by atoms with E-state index in [-0.39, 0.29) is 0 Å².